The van der Waals surface area contributed by atoms with E-state index in [4.69, 9.17) is 9.84 Å². The molecule has 0 bridgehead atoms. The maximum atomic E-state index is 11.0. The normalized spacial score (nSPS) is 9.52. The van der Waals surface area contributed by atoms with Gasteiger partial charge >= 0.3 is 5.97 Å². The van der Waals surface area contributed by atoms with Gasteiger partial charge in [0.25, 0.3) is 0 Å². The first-order valence-corrected chi connectivity index (χ1v) is 6.75. The second-order valence-corrected chi connectivity index (χ2v) is 4.51. The molecule has 0 saturated heterocycles. The Morgan fingerprint density at radius 2 is 1.71 bits per heavy atom. The van der Waals surface area contributed by atoms with Crippen LogP contribution in [0, 0.1) is 0 Å². The molecule has 0 aromatic heterocycles. The number of ketones is 1. The van der Waals surface area contributed by atoms with E-state index in [1.807, 2.05) is 0 Å². The number of ether oxygens (including phenoxy) is 1. The predicted molar refractivity (Wildman–Crippen MR) is 84.4 cm³/mol. The van der Waals surface area contributed by atoms with Gasteiger partial charge in [-0.2, -0.15) is 0 Å². The minimum atomic E-state index is -0.939. The molecule has 1 aromatic carbocycles. The highest BCUT2D eigenvalue weighted by molar-refractivity contribution is 5.89. The summed E-state index contributed by atoms with van der Waals surface area (Å²) in [7, 11) is 0. The van der Waals surface area contributed by atoms with Crippen molar-refractivity contribution in [3.05, 3.63) is 42.5 Å². The van der Waals surface area contributed by atoms with Gasteiger partial charge in [-0.1, -0.05) is 19.4 Å². The van der Waals surface area contributed by atoms with Crippen LogP contribution in [-0.4, -0.2) is 23.5 Å². The van der Waals surface area contributed by atoms with E-state index in [1.54, 1.807) is 12.1 Å². The van der Waals surface area contributed by atoms with Gasteiger partial charge in [0.2, 0.25) is 0 Å². The van der Waals surface area contributed by atoms with Crippen molar-refractivity contribution in [3.8, 4) is 5.75 Å². The van der Waals surface area contributed by atoms with E-state index in [0.29, 0.717) is 18.8 Å². The molecule has 4 nitrogen and oxygen atoms in total. The van der Waals surface area contributed by atoms with Gasteiger partial charge in [0, 0.05) is 6.42 Å². The summed E-state index contributed by atoms with van der Waals surface area (Å²) >= 11 is 0. The van der Waals surface area contributed by atoms with Crippen LogP contribution in [0.1, 0.15) is 42.5 Å². The molecule has 0 atom stereocenters. The number of carbonyl (C=O) groups excluding carboxylic acids is 1. The average molecular weight is 313 g/mol. The fourth-order valence-corrected chi connectivity index (χ4v) is 1.74. The van der Waals surface area contributed by atoms with E-state index in [9.17, 15) is 9.59 Å². The molecule has 1 aromatic rings. The summed E-state index contributed by atoms with van der Waals surface area (Å²) in [5.41, 5.74) is 0.254. The van der Waals surface area contributed by atoms with Crippen LogP contribution in [0.25, 0.3) is 0 Å². The number of benzene rings is 1. The molecule has 0 aliphatic heterocycles. The molecule has 1 rings (SSSR count). The van der Waals surface area contributed by atoms with Crippen molar-refractivity contribution < 1.29 is 19.4 Å². The van der Waals surface area contributed by atoms with Crippen LogP contribution >= 0.6 is 12.4 Å². The third-order valence-electron chi connectivity index (χ3n) is 2.92. The highest BCUT2D eigenvalue weighted by Crippen LogP contribution is 2.13. The average Bonchev–Trinajstić information content (AvgIpc) is 2.46. The zero-order chi connectivity index (χ0) is 14.8. The number of hydrogen-bond acceptors (Lipinski definition) is 3. The zero-order valence-corrected chi connectivity index (χ0v) is 12.7. The summed E-state index contributed by atoms with van der Waals surface area (Å²) in [5, 5.41) is 8.76. The van der Waals surface area contributed by atoms with Crippen molar-refractivity contribution >= 4 is 24.2 Å². The van der Waals surface area contributed by atoms with Crippen molar-refractivity contribution in [1.29, 1.82) is 0 Å². The van der Waals surface area contributed by atoms with Gasteiger partial charge in [-0.25, -0.2) is 4.79 Å². The molecule has 0 amide bonds. The SMILES string of the molecule is C=CC(=O)CCCCCCOc1ccc(C(=O)O)cc1.Cl. The Balaban J connectivity index is 0.00000400. The van der Waals surface area contributed by atoms with E-state index in [1.165, 1.54) is 18.2 Å². The Morgan fingerprint density at radius 3 is 2.29 bits per heavy atom. The number of halogens is 1. The summed E-state index contributed by atoms with van der Waals surface area (Å²) < 4.78 is 5.51. The monoisotopic (exact) mass is 312 g/mol. The fraction of sp³-hybridized carbons (Fsp3) is 0.375. The standard InChI is InChI=1S/C16H20O4.ClH/c1-2-14(17)7-5-3-4-6-12-20-15-10-8-13(9-11-15)16(18)19;/h2,8-11H,1,3-7,12H2,(H,18,19);1H. The van der Waals surface area contributed by atoms with Crippen molar-refractivity contribution in [1.82, 2.24) is 0 Å². The minimum Gasteiger partial charge on any atom is -0.494 e. The van der Waals surface area contributed by atoms with Crippen molar-refractivity contribution in [2.24, 2.45) is 0 Å². The molecule has 0 radical (unpaired) electrons. The Labute approximate surface area is 131 Å². The number of aromatic carboxylic acids is 1. The van der Waals surface area contributed by atoms with Crippen LogP contribution in [-0.2, 0) is 4.79 Å². The number of hydrogen-bond donors (Lipinski definition) is 1. The van der Waals surface area contributed by atoms with E-state index in [0.717, 1.165) is 25.7 Å². The molecule has 0 aliphatic carbocycles. The molecule has 1 N–H and O–H groups in total. The van der Waals surface area contributed by atoms with Gasteiger partial charge in [-0.15, -0.1) is 12.4 Å². The van der Waals surface area contributed by atoms with Gasteiger partial charge in [0.15, 0.2) is 5.78 Å². The second-order valence-electron chi connectivity index (χ2n) is 4.51. The Hall–Kier alpha value is -1.81. The Kier molecular flexibility index (Phi) is 9.98. The summed E-state index contributed by atoms with van der Waals surface area (Å²) in [6.07, 6.45) is 5.75. The first-order chi connectivity index (χ1) is 9.63. The number of carboxylic acids is 1. The zero-order valence-electron chi connectivity index (χ0n) is 11.9. The third kappa shape index (κ3) is 8.15. The second kappa shape index (κ2) is 10.9. The fourth-order valence-electron chi connectivity index (χ4n) is 1.74. The molecule has 0 spiro atoms. The molecular weight excluding hydrogens is 292 g/mol. The highest BCUT2D eigenvalue weighted by Gasteiger charge is 2.02. The van der Waals surface area contributed by atoms with Gasteiger partial charge in [-0.05, 0) is 43.2 Å². The molecule has 0 heterocycles. The van der Waals surface area contributed by atoms with Crippen molar-refractivity contribution in [2.45, 2.75) is 32.1 Å². The quantitative estimate of drug-likeness (QED) is 0.526. The summed E-state index contributed by atoms with van der Waals surface area (Å²) in [4.78, 5) is 21.6. The summed E-state index contributed by atoms with van der Waals surface area (Å²) in [6.45, 7) is 4.03. The molecule has 5 heteroatoms. The molecule has 116 valence electrons. The lowest BCUT2D eigenvalue weighted by Gasteiger charge is -2.06. The van der Waals surface area contributed by atoms with Crippen LogP contribution in [0.3, 0.4) is 0 Å². The van der Waals surface area contributed by atoms with E-state index >= 15 is 0 Å². The number of carboxylic acid groups (broad SMARTS) is 1. The van der Waals surface area contributed by atoms with E-state index < -0.39 is 5.97 Å². The molecule has 0 saturated carbocycles. The maximum absolute atomic E-state index is 11.0. The summed E-state index contributed by atoms with van der Waals surface area (Å²) in [5.74, 6) is -0.165. The summed E-state index contributed by atoms with van der Waals surface area (Å²) in [6, 6.07) is 6.37. The van der Waals surface area contributed by atoms with E-state index in [2.05, 4.69) is 6.58 Å². The molecule has 0 aliphatic rings. The van der Waals surface area contributed by atoms with Crippen molar-refractivity contribution in [2.75, 3.05) is 6.61 Å². The van der Waals surface area contributed by atoms with Crippen LogP contribution in [0.15, 0.2) is 36.9 Å². The van der Waals surface area contributed by atoms with Gasteiger partial charge < -0.3 is 9.84 Å². The Bertz CT molecular complexity index is 454. The third-order valence-corrected chi connectivity index (χ3v) is 2.92. The van der Waals surface area contributed by atoms with Crippen molar-refractivity contribution in [3.63, 3.8) is 0 Å². The largest absolute Gasteiger partial charge is 0.494 e. The first kappa shape index (κ1) is 19.2. The topological polar surface area (TPSA) is 63.6 Å². The predicted octanol–water partition coefficient (Wildman–Crippen LogP) is 3.89. The maximum Gasteiger partial charge on any atom is 0.335 e. The molecular formula is C16H21ClO4. The smallest absolute Gasteiger partial charge is 0.335 e. The minimum absolute atomic E-state index is 0. The lowest BCUT2D eigenvalue weighted by Crippen LogP contribution is -1.99. The van der Waals surface area contributed by atoms with Crippen LogP contribution in [0.2, 0.25) is 0 Å². The molecule has 0 fully saturated rings. The number of allylic oxidation sites excluding steroid dienone is 1. The lowest BCUT2D eigenvalue weighted by molar-refractivity contribution is -0.114. The Morgan fingerprint density at radius 1 is 1.10 bits per heavy atom. The van der Waals surface area contributed by atoms with Crippen LogP contribution in [0.4, 0.5) is 0 Å². The lowest BCUT2D eigenvalue weighted by atomic mass is 10.1. The van der Waals surface area contributed by atoms with Gasteiger partial charge in [0.1, 0.15) is 5.75 Å². The van der Waals surface area contributed by atoms with Crippen LogP contribution in [0.5, 0.6) is 5.75 Å². The number of carbonyl (C=O) groups is 2. The van der Waals surface area contributed by atoms with Gasteiger partial charge in [0.05, 0.1) is 12.2 Å². The number of unbranched alkanes of at least 4 members (excludes halogenated alkanes) is 3. The number of rotatable bonds is 10. The first-order valence-electron chi connectivity index (χ1n) is 6.75. The van der Waals surface area contributed by atoms with E-state index in [-0.39, 0.29) is 23.8 Å². The molecule has 0 unspecified atom stereocenters. The molecule has 21 heavy (non-hydrogen) atoms. The highest BCUT2D eigenvalue weighted by atomic mass is 35.5. The van der Waals surface area contributed by atoms with Crippen LogP contribution < -0.4 is 4.74 Å². The van der Waals surface area contributed by atoms with Gasteiger partial charge in [-0.3, -0.25) is 4.79 Å².